The molecule has 3 N–H and O–H groups in total. The summed E-state index contributed by atoms with van der Waals surface area (Å²) in [5.41, 5.74) is 10.1. The maximum absolute atomic E-state index is 12.3. The second-order valence-corrected chi connectivity index (χ2v) is 4.63. The van der Waals surface area contributed by atoms with Crippen LogP contribution < -0.4 is 11.1 Å². The van der Waals surface area contributed by atoms with E-state index < -0.39 is 0 Å². The number of nitrogens with two attached hydrogens (primary N) is 1. The summed E-state index contributed by atoms with van der Waals surface area (Å²) in [4.78, 5) is 12.3. The quantitative estimate of drug-likeness (QED) is 0.884. The first-order valence-electron chi connectivity index (χ1n) is 6.28. The molecule has 3 heteroatoms. The van der Waals surface area contributed by atoms with Crippen LogP contribution in [0.25, 0.3) is 0 Å². The Kier molecular flexibility index (Phi) is 3.97. The van der Waals surface area contributed by atoms with Crippen molar-refractivity contribution < 1.29 is 4.79 Å². The van der Waals surface area contributed by atoms with Crippen LogP contribution in [-0.2, 0) is 6.54 Å². The van der Waals surface area contributed by atoms with E-state index in [1.807, 2.05) is 56.3 Å². The van der Waals surface area contributed by atoms with Gasteiger partial charge in [0.15, 0.2) is 0 Å². The van der Waals surface area contributed by atoms with Crippen molar-refractivity contribution >= 4 is 11.6 Å². The van der Waals surface area contributed by atoms with E-state index >= 15 is 0 Å². The number of anilines is 1. The minimum absolute atomic E-state index is 0.0789. The summed E-state index contributed by atoms with van der Waals surface area (Å²) in [6.45, 7) is 4.35. The van der Waals surface area contributed by atoms with Gasteiger partial charge in [-0.2, -0.15) is 0 Å². The van der Waals surface area contributed by atoms with Crippen molar-refractivity contribution in [3.63, 3.8) is 0 Å². The van der Waals surface area contributed by atoms with Crippen LogP contribution >= 0.6 is 0 Å². The predicted molar refractivity (Wildman–Crippen MR) is 78.2 cm³/mol. The molecule has 0 heterocycles. The highest BCUT2D eigenvalue weighted by atomic mass is 16.1. The minimum atomic E-state index is -0.0789. The lowest BCUT2D eigenvalue weighted by atomic mass is 10.0. The summed E-state index contributed by atoms with van der Waals surface area (Å²) >= 11 is 0. The van der Waals surface area contributed by atoms with Crippen molar-refractivity contribution in [1.82, 2.24) is 0 Å². The van der Waals surface area contributed by atoms with E-state index in [-0.39, 0.29) is 5.91 Å². The molecule has 19 heavy (non-hydrogen) atoms. The van der Waals surface area contributed by atoms with Gasteiger partial charge in [-0.1, -0.05) is 30.3 Å². The van der Waals surface area contributed by atoms with Crippen molar-refractivity contribution in [2.75, 3.05) is 5.32 Å². The number of nitrogens with one attached hydrogen (secondary N) is 1. The Morgan fingerprint density at radius 1 is 1.11 bits per heavy atom. The first-order chi connectivity index (χ1) is 9.11. The minimum Gasteiger partial charge on any atom is -0.326 e. The summed E-state index contributed by atoms with van der Waals surface area (Å²) < 4.78 is 0. The lowest BCUT2D eigenvalue weighted by Gasteiger charge is -2.11. The van der Waals surface area contributed by atoms with Crippen LogP contribution in [0.4, 0.5) is 5.69 Å². The van der Waals surface area contributed by atoms with Crippen LogP contribution in [0.2, 0.25) is 0 Å². The molecule has 0 saturated carbocycles. The molecule has 0 aliphatic carbocycles. The van der Waals surface area contributed by atoms with Gasteiger partial charge in [-0.15, -0.1) is 0 Å². The Labute approximate surface area is 113 Å². The number of rotatable bonds is 3. The molecule has 2 rings (SSSR count). The average Bonchev–Trinajstić information content (AvgIpc) is 2.38. The third-order valence-corrected chi connectivity index (χ3v) is 3.13. The highest BCUT2D eigenvalue weighted by Crippen LogP contribution is 2.17. The lowest BCUT2D eigenvalue weighted by molar-refractivity contribution is 0.102. The van der Waals surface area contributed by atoms with Crippen LogP contribution in [0.3, 0.4) is 0 Å². The first-order valence-corrected chi connectivity index (χ1v) is 6.28. The molecule has 98 valence electrons. The number of hydrogen-bond acceptors (Lipinski definition) is 2. The maximum Gasteiger partial charge on any atom is 0.256 e. The van der Waals surface area contributed by atoms with E-state index in [2.05, 4.69) is 5.32 Å². The zero-order valence-electron chi connectivity index (χ0n) is 11.2. The number of carbonyl (C=O) groups excluding carboxylic acids is 1. The number of carbonyl (C=O) groups is 1. The Bertz CT molecular complexity index is 585. The van der Waals surface area contributed by atoms with Gasteiger partial charge in [0.25, 0.3) is 5.91 Å². The van der Waals surface area contributed by atoms with Gasteiger partial charge in [-0.05, 0) is 42.7 Å². The van der Waals surface area contributed by atoms with Gasteiger partial charge >= 0.3 is 0 Å². The molecule has 0 aliphatic heterocycles. The Balaban J connectivity index is 2.26. The molecule has 0 saturated heterocycles. The van der Waals surface area contributed by atoms with Gasteiger partial charge in [0.1, 0.15) is 0 Å². The standard InChI is InChI=1S/C16H18N2O/c1-11-5-3-6-12(2)15(11)16(19)18-14-8-4-7-13(9-14)10-17/h3-9H,10,17H2,1-2H3,(H,18,19). The maximum atomic E-state index is 12.3. The van der Waals surface area contributed by atoms with Gasteiger partial charge in [0.05, 0.1) is 0 Å². The number of amides is 1. The van der Waals surface area contributed by atoms with E-state index in [1.165, 1.54) is 0 Å². The first kappa shape index (κ1) is 13.3. The van der Waals surface area contributed by atoms with Crippen molar-refractivity contribution in [3.8, 4) is 0 Å². The largest absolute Gasteiger partial charge is 0.326 e. The highest BCUT2D eigenvalue weighted by molar-refractivity contribution is 6.06. The Morgan fingerprint density at radius 2 is 1.74 bits per heavy atom. The van der Waals surface area contributed by atoms with Crippen LogP contribution in [0, 0.1) is 13.8 Å². The number of benzene rings is 2. The van der Waals surface area contributed by atoms with Gasteiger partial charge in [-0.25, -0.2) is 0 Å². The molecule has 1 amide bonds. The van der Waals surface area contributed by atoms with E-state index in [0.29, 0.717) is 6.54 Å². The zero-order valence-corrected chi connectivity index (χ0v) is 11.2. The molecule has 0 aliphatic rings. The number of hydrogen-bond donors (Lipinski definition) is 2. The topological polar surface area (TPSA) is 55.1 Å². The molecule has 0 radical (unpaired) electrons. The molecule has 2 aromatic carbocycles. The SMILES string of the molecule is Cc1cccc(C)c1C(=O)Nc1cccc(CN)c1. The fourth-order valence-corrected chi connectivity index (χ4v) is 2.14. The van der Waals surface area contributed by atoms with Crippen molar-refractivity contribution in [2.24, 2.45) is 5.73 Å². The van der Waals surface area contributed by atoms with Gasteiger partial charge in [0, 0.05) is 17.8 Å². The monoisotopic (exact) mass is 254 g/mol. The lowest BCUT2D eigenvalue weighted by Crippen LogP contribution is -2.15. The summed E-state index contributed by atoms with van der Waals surface area (Å²) in [7, 11) is 0. The average molecular weight is 254 g/mol. The molecule has 0 aromatic heterocycles. The smallest absolute Gasteiger partial charge is 0.256 e. The second-order valence-electron chi connectivity index (χ2n) is 4.63. The molecular formula is C16H18N2O. The van der Waals surface area contributed by atoms with E-state index in [9.17, 15) is 4.79 Å². The van der Waals surface area contributed by atoms with E-state index in [0.717, 1.165) is 27.9 Å². The van der Waals surface area contributed by atoms with Crippen molar-refractivity contribution in [1.29, 1.82) is 0 Å². The Morgan fingerprint density at radius 3 is 2.37 bits per heavy atom. The van der Waals surface area contributed by atoms with Crippen LogP contribution in [0.15, 0.2) is 42.5 Å². The molecule has 0 bridgehead atoms. The summed E-state index contributed by atoms with van der Waals surface area (Å²) in [5.74, 6) is -0.0789. The molecule has 0 atom stereocenters. The third-order valence-electron chi connectivity index (χ3n) is 3.13. The van der Waals surface area contributed by atoms with E-state index in [1.54, 1.807) is 0 Å². The van der Waals surface area contributed by atoms with Crippen LogP contribution in [0.5, 0.6) is 0 Å². The Hall–Kier alpha value is -2.13. The number of aryl methyl sites for hydroxylation is 2. The fourth-order valence-electron chi connectivity index (χ4n) is 2.14. The van der Waals surface area contributed by atoms with Crippen LogP contribution in [-0.4, -0.2) is 5.91 Å². The van der Waals surface area contributed by atoms with Crippen LogP contribution in [0.1, 0.15) is 27.0 Å². The predicted octanol–water partition coefficient (Wildman–Crippen LogP) is 3.01. The third kappa shape index (κ3) is 3.01. The van der Waals surface area contributed by atoms with E-state index in [4.69, 9.17) is 5.73 Å². The molecule has 0 unspecified atom stereocenters. The normalized spacial score (nSPS) is 10.3. The molecular weight excluding hydrogens is 236 g/mol. The molecule has 2 aromatic rings. The highest BCUT2D eigenvalue weighted by Gasteiger charge is 2.11. The second kappa shape index (κ2) is 5.67. The van der Waals surface area contributed by atoms with Gasteiger partial charge in [0.2, 0.25) is 0 Å². The summed E-state index contributed by atoms with van der Waals surface area (Å²) in [5, 5.41) is 2.92. The van der Waals surface area contributed by atoms with Crippen molar-refractivity contribution in [2.45, 2.75) is 20.4 Å². The van der Waals surface area contributed by atoms with Crippen molar-refractivity contribution in [3.05, 3.63) is 64.7 Å². The molecule has 0 fully saturated rings. The molecule has 3 nitrogen and oxygen atoms in total. The van der Waals surface area contributed by atoms with Gasteiger partial charge in [-0.3, -0.25) is 4.79 Å². The fraction of sp³-hybridized carbons (Fsp3) is 0.188. The van der Waals surface area contributed by atoms with Gasteiger partial charge < -0.3 is 11.1 Å². The molecule has 0 spiro atoms. The zero-order chi connectivity index (χ0) is 13.8. The summed E-state index contributed by atoms with van der Waals surface area (Å²) in [6, 6.07) is 13.4. The summed E-state index contributed by atoms with van der Waals surface area (Å²) in [6.07, 6.45) is 0.